The van der Waals surface area contributed by atoms with Gasteiger partial charge in [-0.2, -0.15) is 10.1 Å². The minimum atomic E-state index is -0.393. The predicted octanol–water partition coefficient (Wildman–Crippen LogP) is 4.51. The van der Waals surface area contributed by atoms with Crippen molar-refractivity contribution in [3.05, 3.63) is 75.7 Å². The van der Waals surface area contributed by atoms with Gasteiger partial charge in [-0.05, 0) is 49.2 Å². The van der Waals surface area contributed by atoms with Crippen LogP contribution in [-0.4, -0.2) is 27.7 Å². The third-order valence-electron chi connectivity index (χ3n) is 4.98. The molecule has 0 amide bonds. The molecule has 3 aromatic rings. The van der Waals surface area contributed by atoms with Crippen LogP contribution in [0, 0.1) is 0 Å². The molecule has 1 atom stereocenters. The molecule has 2 heterocycles. The Morgan fingerprint density at radius 2 is 1.97 bits per heavy atom. The highest BCUT2D eigenvalue weighted by molar-refractivity contribution is 9.10. The highest BCUT2D eigenvalue weighted by atomic mass is 79.9. The third kappa shape index (κ3) is 3.82. The van der Waals surface area contributed by atoms with Gasteiger partial charge in [-0.3, -0.25) is 4.79 Å². The second kappa shape index (κ2) is 8.31. The van der Waals surface area contributed by atoms with Crippen LogP contribution in [0.25, 0.3) is 0 Å². The number of hydrogen-bond acceptors (Lipinski definition) is 6. The third-order valence-corrected chi connectivity index (χ3v) is 5.51. The van der Waals surface area contributed by atoms with E-state index in [9.17, 15) is 4.79 Å². The Morgan fingerprint density at radius 1 is 1.20 bits per heavy atom. The minimum Gasteiger partial charge on any atom is -0.493 e. The molecule has 2 aromatic carbocycles. The van der Waals surface area contributed by atoms with Gasteiger partial charge in [-0.1, -0.05) is 34.1 Å². The van der Waals surface area contributed by atoms with E-state index in [2.05, 4.69) is 31.3 Å². The summed E-state index contributed by atoms with van der Waals surface area (Å²) in [6.07, 6.45) is 1.47. The van der Waals surface area contributed by atoms with Crippen LogP contribution in [-0.2, 0) is 11.4 Å². The number of benzene rings is 2. The maximum absolute atomic E-state index is 12.4. The number of rotatable bonds is 6. The number of allylic oxidation sites excluding steroid dienone is 2. The van der Waals surface area contributed by atoms with Crippen molar-refractivity contribution in [1.82, 2.24) is 14.8 Å². The summed E-state index contributed by atoms with van der Waals surface area (Å²) in [7, 11) is 1.60. The van der Waals surface area contributed by atoms with Gasteiger partial charge in [0.1, 0.15) is 19.0 Å². The van der Waals surface area contributed by atoms with Crippen molar-refractivity contribution in [1.29, 1.82) is 0 Å². The topological polar surface area (TPSA) is 78.3 Å². The van der Waals surface area contributed by atoms with Crippen LogP contribution >= 0.6 is 15.9 Å². The Bertz CT molecular complexity index is 1120. The number of nitrogens with one attached hydrogen (secondary N) is 1. The molecule has 0 radical (unpaired) electrons. The lowest BCUT2D eigenvalue weighted by molar-refractivity contribution is -0.114. The number of fused-ring (bicyclic) bond motifs is 1. The first-order chi connectivity index (χ1) is 14.5. The number of methoxy groups -OCH3 is 1. The van der Waals surface area contributed by atoms with Crippen molar-refractivity contribution >= 4 is 27.7 Å². The maximum atomic E-state index is 12.4. The van der Waals surface area contributed by atoms with Crippen molar-refractivity contribution < 1.29 is 14.3 Å². The van der Waals surface area contributed by atoms with E-state index in [1.165, 1.54) is 6.33 Å². The second-order valence-electron chi connectivity index (χ2n) is 6.98. The summed E-state index contributed by atoms with van der Waals surface area (Å²) in [6.45, 7) is 3.85. The maximum Gasteiger partial charge on any atom is 0.226 e. The number of hydrogen-bond donors (Lipinski definition) is 1. The summed E-state index contributed by atoms with van der Waals surface area (Å²) in [4.78, 5) is 16.7. The molecule has 1 unspecified atom stereocenters. The van der Waals surface area contributed by atoms with Crippen LogP contribution in [0.3, 0.4) is 0 Å². The normalized spacial score (nSPS) is 15.4. The molecule has 1 aliphatic heterocycles. The summed E-state index contributed by atoms with van der Waals surface area (Å²) in [5, 5.41) is 7.47. The number of halogens is 1. The van der Waals surface area contributed by atoms with Gasteiger partial charge in [0, 0.05) is 15.7 Å². The molecule has 154 valence electrons. The van der Waals surface area contributed by atoms with Crippen molar-refractivity contribution in [3.63, 3.8) is 0 Å². The molecule has 7 nitrogen and oxygen atoms in total. The fourth-order valence-electron chi connectivity index (χ4n) is 3.57. The molecule has 0 fully saturated rings. The number of aromatic nitrogens is 3. The molecule has 0 saturated heterocycles. The van der Waals surface area contributed by atoms with Gasteiger partial charge in [0.05, 0.1) is 7.11 Å². The monoisotopic (exact) mass is 468 g/mol. The Kier molecular flexibility index (Phi) is 5.59. The zero-order chi connectivity index (χ0) is 21.3. The Hall–Kier alpha value is -3.13. The second-order valence-corrected chi connectivity index (χ2v) is 7.89. The van der Waals surface area contributed by atoms with E-state index in [-0.39, 0.29) is 5.78 Å². The molecule has 1 aromatic heterocycles. The molecule has 4 rings (SSSR count). The average Bonchev–Trinajstić information content (AvgIpc) is 3.20. The zero-order valence-corrected chi connectivity index (χ0v) is 18.4. The van der Waals surface area contributed by atoms with E-state index in [1.807, 2.05) is 49.4 Å². The predicted molar refractivity (Wildman–Crippen MR) is 117 cm³/mol. The quantitative estimate of drug-likeness (QED) is 0.573. The van der Waals surface area contributed by atoms with Gasteiger partial charge < -0.3 is 14.8 Å². The zero-order valence-electron chi connectivity index (χ0n) is 16.8. The first kappa shape index (κ1) is 20.2. The average molecular weight is 469 g/mol. The molecule has 8 heteroatoms. The number of ether oxygens (including phenoxy) is 2. The van der Waals surface area contributed by atoms with Crippen LogP contribution in [0.2, 0.25) is 0 Å². The van der Waals surface area contributed by atoms with Crippen LogP contribution in [0.4, 0.5) is 5.95 Å². The largest absolute Gasteiger partial charge is 0.493 e. The van der Waals surface area contributed by atoms with E-state index < -0.39 is 6.04 Å². The van der Waals surface area contributed by atoms with Gasteiger partial charge in [0.15, 0.2) is 17.3 Å². The highest BCUT2D eigenvalue weighted by Crippen LogP contribution is 2.38. The summed E-state index contributed by atoms with van der Waals surface area (Å²) >= 11 is 3.43. The van der Waals surface area contributed by atoms with Crippen LogP contribution in [0.5, 0.6) is 11.5 Å². The molecule has 0 aliphatic carbocycles. The van der Waals surface area contributed by atoms with Gasteiger partial charge in [0.25, 0.3) is 0 Å². The lowest BCUT2D eigenvalue weighted by atomic mass is 9.93. The van der Waals surface area contributed by atoms with Crippen molar-refractivity contribution in [3.8, 4) is 11.5 Å². The molecular weight excluding hydrogens is 448 g/mol. The smallest absolute Gasteiger partial charge is 0.226 e. The van der Waals surface area contributed by atoms with E-state index in [0.29, 0.717) is 29.6 Å². The summed E-state index contributed by atoms with van der Waals surface area (Å²) in [5.74, 6) is 1.78. The van der Waals surface area contributed by atoms with Crippen LogP contribution < -0.4 is 14.8 Å². The molecule has 0 spiro atoms. The number of carbonyl (C=O) groups excluding carboxylic acids is 1. The van der Waals surface area contributed by atoms with E-state index in [0.717, 1.165) is 21.3 Å². The number of Topliss-reactive ketones (excluding diaryl/α,β-unsaturated/α-hetero) is 1. The highest BCUT2D eigenvalue weighted by Gasteiger charge is 2.32. The lowest BCUT2D eigenvalue weighted by Gasteiger charge is -2.28. The van der Waals surface area contributed by atoms with Crippen LogP contribution in [0.1, 0.15) is 31.0 Å². The minimum absolute atomic E-state index is 0.0271. The molecule has 1 N–H and O–H groups in total. The van der Waals surface area contributed by atoms with E-state index >= 15 is 0 Å². The summed E-state index contributed by atoms with van der Waals surface area (Å²) in [6, 6.07) is 13.2. The number of ketones is 1. The molecule has 0 saturated carbocycles. The van der Waals surface area contributed by atoms with Gasteiger partial charge >= 0.3 is 0 Å². The number of anilines is 1. The number of carbonyl (C=O) groups is 1. The standard InChI is InChI=1S/C22H21BrN4O3/c1-13-20(14(2)28)21(27-22(26-13)24-12-25-27)16-6-9-18(19(10-16)29-3)30-11-15-4-7-17(23)8-5-15/h4-10,12,21H,11H2,1-3H3,(H,24,25,26). The van der Waals surface area contributed by atoms with Gasteiger partial charge in [-0.25, -0.2) is 4.68 Å². The number of nitrogens with zero attached hydrogens (tertiary/aromatic N) is 3. The molecule has 1 aliphatic rings. The Labute approximate surface area is 182 Å². The summed E-state index contributed by atoms with van der Waals surface area (Å²) in [5.41, 5.74) is 3.31. The molecule has 30 heavy (non-hydrogen) atoms. The van der Waals surface area contributed by atoms with Crippen LogP contribution in [0.15, 0.2) is 64.5 Å². The first-order valence-corrected chi connectivity index (χ1v) is 10.2. The van der Waals surface area contributed by atoms with Crippen molar-refractivity contribution in [2.45, 2.75) is 26.5 Å². The van der Waals surface area contributed by atoms with Crippen molar-refractivity contribution in [2.75, 3.05) is 12.4 Å². The van der Waals surface area contributed by atoms with Crippen molar-refractivity contribution in [2.24, 2.45) is 0 Å². The molecule has 0 bridgehead atoms. The summed E-state index contributed by atoms with van der Waals surface area (Å²) < 4.78 is 14.3. The first-order valence-electron chi connectivity index (χ1n) is 9.41. The Morgan fingerprint density at radius 3 is 2.67 bits per heavy atom. The fourth-order valence-corrected chi connectivity index (χ4v) is 3.83. The fraction of sp³-hybridized carbons (Fsp3) is 0.227. The van der Waals surface area contributed by atoms with Gasteiger partial charge in [0.2, 0.25) is 5.95 Å². The van der Waals surface area contributed by atoms with E-state index in [1.54, 1.807) is 18.7 Å². The van der Waals surface area contributed by atoms with Gasteiger partial charge in [-0.15, -0.1) is 0 Å². The Balaban J connectivity index is 1.66. The molecular formula is C22H21BrN4O3. The lowest BCUT2D eigenvalue weighted by Crippen LogP contribution is -2.27. The SMILES string of the molecule is COc1cc(C2C(C(C)=O)=C(C)Nc3ncnn32)ccc1OCc1ccc(Br)cc1. The van der Waals surface area contributed by atoms with E-state index in [4.69, 9.17) is 9.47 Å².